The Hall–Kier alpha value is -3.95. The van der Waals surface area contributed by atoms with E-state index in [0.717, 1.165) is 11.1 Å². The standard InChI is InChI=1S/C28H27ClN2O4/c1-4-33-24-11-9-23(10-12-24)31-28(32)22(17-30)14-21-15-25(29)27(26(16-21)34-5-2)35-18-20-8-6-7-19(3)13-20/h6-16H,4-5,18H2,1-3H3,(H,31,32)/b22-14+. The van der Waals surface area contributed by atoms with Crippen LogP contribution < -0.4 is 19.5 Å². The van der Waals surface area contributed by atoms with Crippen LogP contribution in [0.25, 0.3) is 6.08 Å². The van der Waals surface area contributed by atoms with Crippen molar-refractivity contribution in [1.82, 2.24) is 0 Å². The van der Waals surface area contributed by atoms with Crippen LogP contribution in [0.5, 0.6) is 17.2 Å². The number of hydrogen-bond donors (Lipinski definition) is 1. The van der Waals surface area contributed by atoms with Crippen molar-refractivity contribution < 1.29 is 19.0 Å². The number of carbonyl (C=O) groups is 1. The number of halogens is 1. The third-order valence-corrected chi connectivity index (χ3v) is 5.18. The molecule has 0 heterocycles. The molecule has 0 bridgehead atoms. The molecule has 1 N–H and O–H groups in total. The summed E-state index contributed by atoms with van der Waals surface area (Å²) in [5, 5.41) is 12.6. The highest BCUT2D eigenvalue weighted by molar-refractivity contribution is 6.32. The second-order valence-corrected chi connectivity index (χ2v) is 8.03. The van der Waals surface area contributed by atoms with Gasteiger partial charge in [-0.15, -0.1) is 0 Å². The Bertz CT molecular complexity index is 1250. The zero-order valence-electron chi connectivity index (χ0n) is 19.9. The summed E-state index contributed by atoms with van der Waals surface area (Å²) >= 11 is 6.51. The maximum atomic E-state index is 12.7. The molecule has 0 aliphatic rings. The molecule has 35 heavy (non-hydrogen) atoms. The number of ether oxygens (including phenoxy) is 3. The Morgan fingerprint density at radius 1 is 1.03 bits per heavy atom. The number of amides is 1. The average molecular weight is 491 g/mol. The van der Waals surface area contributed by atoms with Gasteiger partial charge in [-0.1, -0.05) is 41.4 Å². The van der Waals surface area contributed by atoms with Crippen LogP contribution in [0.4, 0.5) is 5.69 Å². The molecule has 1 amide bonds. The van der Waals surface area contributed by atoms with Crippen molar-refractivity contribution in [3.8, 4) is 23.3 Å². The average Bonchev–Trinajstić information content (AvgIpc) is 2.83. The number of hydrogen-bond acceptors (Lipinski definition) is 5. The molecule has 180 valence electrons. The minimum Gasteiger partial charge on any atom is -0.494 e. The number of aryl methyl sites for hydroxylation is 1. The van der Waals surface area contributed by atoms with Gasteiger partial charge in [0.2, 0.25) is 0 Å². The number of nitrogens with one attached hydrogen (secondary N) is 1. The SMILES string of the molecule is CCOc1ccc(NC(=O)/C(C#N)=C/c2cc(Cl)c(OCc3cccc(C)c3)c(OCC)c2)cc1. The molecule has 0 fully saturated rings. The molecule has 0 saturated heterocycles. The minimum absolute atomic E-state index is 0.0779. The monoisotopic (exact) mass is 490 g/mol. The molecule has 3 aromatic rings. The van der Waals surface area contributed by atoms with E-state index < -0.39 is 5.91 Å². The molecular formula is C28H27ClN2O4. The van der Waals surface area contributed by atoms with Gasteiger partial charge in [-0.3, -0.25) is 4.79 Å². The largest absolute Gasteiger partial charge is 0.494 e. The Morgan fingerprint density at radius 2 is 1.77 bits per heavy atom. The fourth-order valence-electron chi connectivity index (χ4n) is 3.35. The molecule has 0 radical (unpaired) electrons. The van der Waals surface area contributed by atoms with Crippen molar-refractivity contribution in [3.63, 3.8) is 0 Å². The maximum absolute atomic E-state index is 12.7. The molecular weight excluding hydrogens is 464 g/mol. The smallest absolute Gasteiger partial charge is 0.266 e. The van der Waals surface area contributed by atoms with E-state index in [1.54, 1.807) is 36.4 Å². The highest BCUT2D eigenvalue weighted by atomic mass is 35.5. The summed E-state index contributed by atoms with van der Waals surface area (Å²) in [6, 6.07) is 20.2. The quantitative estimate of drug-likeness (QED) is 0.257. The molecule has 0 spiro atoms. The van der Waals surface area contributed by atoms with Crippen LogP contribution in [0, 0.1) is 18.3 Å². The van der Waals surface area contributed by atoms with Crippen molar-refractivity contribution in [3.05, 3.63) is 87.9 Å². The van der Waals surface area contributed by atoms with Gasteiger partial charge in [0.25, 0.3) is 5.91 Å². The van der Waals surface area contributed by atoms with Gasteiger partial charge in [0.15, 0.2) is 11.5 Å². The Morgan fingerprint density at radius 3 is 2.43 bits per heavy atom. The molecule has 7 heteroatoms. The van der Waals surface area contributed by atoms with Crippen LogP contribution in [0.1, 0.15) is 30.5 Å². The number of nitrogens with zero attached hydrogens (tertiary/aromatic N) is 1. The van der Waals surface area contributed by atoms with E-state index in [1.165, 1.54) is 6.08 Å². The van der Waals surface area contributed by atoms with Gasteiger partial charge in [0, 0.05) is 5.69 Å². The molecule has 0 aliphatic carbocycles. The zero-order chi connectivity index (χ0) is 25.2. The van der Waals surface area contributed by atoms with Crippen molar-refractivity contribution >= 4 is 29.3 Å². The lowest BCUT2D eigenvalue weighted by Crippen LogP contribution is -2.13. The summed E-state index contributed by atoms with van der Waals surface area (Å²) in [6.07, 6.45) is 1.46. The van der Waals surface area contributed by atoms with Crippen LogP contribution in [0.15, 0.2) is 66.2 Å². The van der Waals surface area contributed by atoms with E-state index >= 15 is 0 Å². The van der Waals surface area contributed by atoms with E-state index in [4.69, 9.17) is 25.8 Å². The Labute approximate surface area is 210 Å². The van der Waals surface area contributed by atoms with Crippen molar-refractivity contribution in [2.45, 2.75) is 27.4 Å². The highest BCUT2D eigenvalue weighted by Gasteiger charge is 2.15. The molecule has 3 rings (SSSR count). The summed E-state index contributed by atoms with van der Waals surface area (Å²) in [6.45, 7) is 7.03. The van der Waals surface area contributed by atoms with Crippen LogP contribution >= 0.6 is 11.6 Å². The number of benzene rings is 3. The van der Waals surface area contributed by atoms with Gasteiger partial charge >= 0.3 is 0 Å². The van der Waals surface area contributed by atoms with Crippen LogP contribution in [-0.2, 0) is 11.4 Å². The predicted octanol–water partition coefficient (Wildman–Crippen LogP) is 6.57. The summed E-state index contributed by atoms with van der Waals surface area (Å²) in [5.74, 6) is 1.00. The van der Waals surface area contributed by atoms with Crippen molar-refractivity contribution in [2.24, 2.45) is 0 Å². The van der Waals surface area contributed by atoms with Gasteiger partial charge in [0.1, 0.15) is 24.0 Å². The number of nitriles is 1. The molecule has 0 aromatic heterocycles. The molecule has 0 atom stereocenters. The highest BCUT2D eigenvalue weighted by Crippen LogP contribution is 2.38. The van der Waals surface area contributed by atoms with Crippen LogP contribution in [0.2, 0.25) is 5.02 Å². The lowest BCUT2D eigenvalue weighted by Gasteiger charge is -2.15. The Kier molecular flexibility index (Phi) is 9.16. The first kappa shape index (κ1) is 25.7. The summed E-state index contributed by atoms with van der Waals surface area (Å²) in [5.41, 5.74) is 3.15. The topological polar surface area (TPSA) is 80.6 Å². The number of carbonyl (C=O) groups excluding carboxylic acids is 1. The van der Waals surface area contributed by atoms with Crippen molar-refractivity contribution in [1.29, 1.82) is 5.26 Å². The van der Waals surface area contributed by atoms with E-state index in [-0.39, 0.29) is 5.57 Å². The normalized spacial score (nSPS) is 10.9. The fraction of sp³-hybridized carbons (Fsp3) is 0.214. The maximum Gasteiger partial charge on any atom is 0.266 e. The third-order valence-electron chi connectivity index (χ3n) is 4.90. The summed E-state index contributed by atoms with van der Waals surface area (Å²) < 4.78 is 17.1. The molecule has 0 unspecified atom stereocenters. The van der Waals surface area contributed by atoms with Gasteiger partial charge in [-0.25, -0.2) is 0 Å². The van der Waals surface area contributed by atoms with E-state index in [2.05, 4.69) is 5.32 Å². The lowest BCUT2D eigenvalue weighted by atomic mass is 10.1. The molecule has 0 saturated carbocycles. The lowest BCUT2D eigenvalue weighted by molar-refractivity contribution is -0.112. The van der Waals surface area contributed by atoms with E-state index in [0.29, 0.717) is 53.3 Å². The summed E-state index contributed by atoms with van der Waals surface area (Å²) in [4.78, 5) is 12.7. The first-order valence-electron chi connectivity index (χ1n) is 11.2. The van der Waals surface area contributed by atoms with Crippen LogP contribution in [-0.4, -0.2) is 19.1 Å². The van der Waals surface area contributed by atoms with Gasteiger partial charge in [0.05, 0.1) is 18.2 Å². The second-order valence-electron chi connectivity index (χ2n) is 7.62. The zero-order valence-corrected chi connectivity index (χ0v) is 20.7. The Balaban J connectivity index is 1.80. The first-order chi connectivity index (χ1) is 16.9. The van der Waals surface area contributed by atoms with Gasteiger partial charge in [-0.2, -0.15) is 5.26 Å². The molecule has 3 aromatic carbocycles. The predicted molar refractivity (Wildman–Crippen MR) is 138 cm³/mol. The number of anilines is 1. The molecule has 6 nitrogen and oxygen atoms in total. The first-order valence-corrected chi connectivity index (χ1v) is 11.6. The second kappa shape index (κ2) is 12.5. The minimum atomic E-state index is -0.537. The van der Waals surface area contributed by atoms with E-state index in [9.17, 15) is 10.1 Å². The molecule has 0 aliphatic heterocycles. The fourth-order valence-corrected chi connectivity index (χ4v) is 3.62. The summed E-state index contributed by atoms with van der Waals surface area (Å²) in [7, 11) is 0. The van der Waals surface area contributed by atoms with Gasteiger partial charge < -0.3 is 19.5 Å². The van der Waals surface area contributed by atoms with Crippen LogP contribution in [0.3, 0.4) is 0 Å². The van der Waals surface area contributed by atoms with Gasteiger partial charge in [-0.05, 0) is 74.4 Å². The van der Waals surface area contributed by atoms with E-state index in [1.807, 2.05) is 51.1 Å². The number of rotatable bonds is 10. The van der Waals surface area contributed by atoms with Crippen molar-refractivity contribution in [2.75, 3.05) is 18.5 Å². The third kappa shape index (κ3) is 7.26.